The van der Waals surface area contributed by atoms with Crippen molar-refractivity contribution in [2.45, 2.75) is 13.8 Å². The lowest BCUT2D eigenvalue weighted by molar-refractivity contribution is -0.141. The van der Waals surface area contributed by atoms with Crippen molar-refractivity contribution in [1.29, 1.82) is 0 Å². The van der Waals surface area contributed by atoms with Gasteiger partial charge in [0.2, 0.25) is 5.91 Å². The first kappa shape index (κ1) is 18.3. The standard InChI is InChI=1S/C20H21NO4/c1-15(2)14-25-20(23)18(13-17-9-6-12-24-17)21-19(22)11-10-16-7-4-3-5-8-16/h3-13,15H,14H2,1-2H3,(H,21,22)/b11-10+,18-13-. The van der Waals surface area contributed by atoms with Gasteiger partial charge >= 0.3 is 5.97 Å². The zero-order valence-electron chi connectivity index (χ0n) is 14.3. The summed E-state index contributed by atoms with van der Waals surface area (Å²) >= 11 is 0. The Bertz CT molecular complexity index is 743. The highest BCUT2D eigenvalue weighted by Crippen LogP contribution is 2.08. The van der Waals surface area contributed by atoms with Gasteiger partial charge in [-0.25, -0.2) is 4.79 Å². The van der Waals surface area contributed by atoms with Gasteiger partial charge in [-0.1, -0.05) is 44.2 Å². The van der Waals surface area contributed by atoms with Gasteiger partial charge in [-0.2, -0.15) is 0 Å². The molecule has 1 aromatic carbocycles. The zero-order chi connectivity index (χ0) is 18.1. The van der Waals surface area contributed by atoms with E-state index in [1.165, 1.54) is 18.4 Å². The summed E-state index contributed by atoms with van der Waals surface area (Å²) in [7, 11) is 0. The Morgan fingerprint density at radius 2 is 1.92 bits per heavy atom. The Balaban J connectivity index is 2.08. The largest absolute Gasteiger partial charge is 0.465 e. The molecule has 1 amide bonds. The first-order valence-corrected chi connectivity index (χ1v) is 8.01. The lowest BCUT2D eigenvalue weighted by Gasteiger charge is -2.10. The quantitative estimate of drug-likeness (QED) is 0.617. The van der Waals surface area contributed by atoms with Crippen LogP contribution >= 0.6 is 0 Å². The van der Waals surface area contributed by atoms with Crippen LogP contribution in [0, 0.1) is 5.92 Å². The topological polar surface area (TPSA) is 68.5 Å². The van der Waals surface area contributed by atoms with Crippen LogP contribution in [0.3, 0.4) is 0 Å². The van der Waals surface area contributed by atoms with Gasteiger partial charge in [0.05, 0.1) is 12.9 Å². The molecule has 0 radical (unpaired) electrons. The fourth-order valence-corrected chi connectivity index (χ4v) is 1.89. The Hall–Kier alpha value is -3.08. The number of nitrogens with one attached hydrogen (secondary N) is 1. The number of hydrogen-bond acceptors (Lipinski definition) is 4. The molecule has 130 valence electrons. The molecule has 5 nitrogen and oxygen atoms in total. The predicted octanol–water partition coefficient (Wildman–Crippen LogP) is 3.65. The van der Waals surface area contributed by atoms with Crippen LogP contribution in [0.5, 0.6) is 0 Å². The molecule has 5 heteroatoms. The number of benzene rings is 1. The molecule has 1 heterocycles. The maximum atomic E-state index is 12.2. The molecule has 0 spiro atoms. The molecule has 0 aliphatic carbocycles. The Morgan fingerprint density at radius 3 is 2.56 bits per heavy atom. The van der Waals surface area contributed by atoms with Crippen molar-refractivity contribution < 1.29 is 18.7 Å². The molecular formula is C20H21NO4. The van der Waals surface area contributed by atoms with Gasteiger partial charge in [-0.3, -0.25) is 4.79 Å². The summed E-state index contributed by atoms with van der Waals surface area (Å²) in [6, 6.07) is 12.8. The summed E-state index contributed by atoms with van der Waals surface area (Å²) < 4.78 is 10.4. The van der Waals surface area contributed by atoms with Crippen LogP contribution in [0.4, 0.5) is 0 Å². The molecule has 0 atom stereocenters. The van der Waals surface area contributed by atoms with Crippen LogP contribution in [-0.4, -0.2) is 18.5 Å². The third kappa shape index (κ3) is 6.51. The average molecular weight is 339 g/mol. The van der Waals surface area contributed by atoms with Gasteiger partial charge in [-0.05, 0) is 29.7 Å². The summed E-state index contributed by atoms with van der Waals surface area (Å²) in [5.74, 6) is -0.388. The summed E-state index contributed by atoms with van der Waals surface area (Å²) in [6.45, 7) is 4.14. The number of furan rings is 1. The van der Waals surface area contributed by atoms with Gasteiger partial charge in [0.1, 0.15) is 11.5 Å². The first-order chi connectivity index (χ1) is 12.0. The fourth-order valence-electron chi connectivity index (χ4n) is 1.89. The first-order valence-electron chi connectivity index (χ1n) is 8.01. The van der Waals surface area contributed by atoms with E-state index in [9.17, 15) is 9.59 Å². The van der Waals surface area contributed by atoms with Crippen molar-refractivity contribution in [3.63, 3.8) is 0 Å². The molecule has 2 rings (SSSR count). The number of hydrogen-bond donors (Lipinski definition) is 1. The molecule has 0 aliphatic heterocycles. The summed E-state index contributed by atoms with van der Waals surface area (Å²) in [6.07, 6.45) is 5.96. The van der Waals surface area contributed by atoms with Crippen molar-refractivity contribution in [3.8, 4) is 0 Å². The smallest absolute Gasteiger partial charge is 0.354 e. The number of carbonyl (C=O) groups excluding carboxylic acids is 2. The van der Waals surface area contributed by atoms with E-state index in [1.54, 1.807) is 18.2 Å². The Kier molecular flexibility index (Phi) is 6.77. The number of esters is 1. The number of amides is 1. The second-order valence-electron chi connectivity index (χ2n) is 5.80. The summed E-state index contributed by atoms with van der Waals surface area (Å²) in [5.41, 5.74) is 0.912. The highest BCUT2D eigenvalue weighted by atomic mass is 16.5. The molecule has 1 N–H and O–H groups in total. The molecule has 0 saturated heterocycles. The summed E-state index contributed by atoms with van der Waals surface area (Å²) in [5, 5.41) is 2.55. The fraction of sp³-hybridized carbons (Fsp3) is 0.200. The minimum Gasteiger partial charge on any atom is -0.465 e. The third-order valence-corrected chi connectivity index (χ3v) is 3.08. The van der Waals surface area contributed by atoms with Crippen molar-refractivity contribution >= 4 is 24.0 Å². The van der Waals surface area contributed by atoms with E-state index in [4.69, 9.17) is 9.15 Å². The average Bonchev–Trinajstić information content (AvgIpc) is 3.11. The van der Waals surface area contributed by atoms with E-state index in [1.807, 2.05) is 44.2 Å². The second-order valence-corrected chi connectivity index (χ2v) is 5.80. The minimum atomic E-state index is -0.605. The van der Waals surface area contributed by atoms with E-state index < -0.39 is 11.9 Å². The van der Waals surface area contributed by atoms with Gasteiger partial charge in [-0.15, -0.1) is 0 Å². The normalized spacial score (nSPS) is 11.7. The number of rotatable bonds is 7. The number of ether oxygens (including phenoxy) is 1. The lowest BCUT2D eigenvalue weighted by Crippen LogP contribution is -2.27. The van der Waals surface area contributed by atoms with E-state index in [2.05, 4.69) is 5.32 Å². The molecule has 25 heavy (non-hydrogen) atoms. The maximum Gasteiger partial charge on any atom is 0.354 e. The molecule has 0 unspecified atom stereocenters. The molecule has 0 fully saturated rings. The van der Waals surface area contributed by atoms with E-state index in [0.717, 1.165) is 5.56 Å². The molecule has 0 aliphatic rings. The molecule has 1 aromatic heterocycles. The SMILES string of the molecule is CC(C)COC(=O)/C(=C/c1ccco1)NC(=O)/C=C/c1ccccc1. The Morgan fingerprint density at radius 1 is 1.16 bits per heavy atom. The van der Waals surface area contributed by atoms with E-state index in [-0.39, 0.29) is 18.2 Å². The minimum absolute atomic E-state index is 0.0262. The van der Waals surface area contributed by atoms with Crippen molar-refractivity contribution in [2.24, 2.45) is 5.92 Å². The predicted molar refractivity (Wildman–Crippen MR) is 96.1 cm³/mol. The van der Waals surface area contributed by atoms with Crippen LogP contribution in [0.15, 0.2) is 64.9 Å². The van der Waals surface area contributed by atoms with E-state index >= 15 is 0 Å². The molecule has 0 bridgehead atoms. The van der Waals surface area contributed by atoms with Gasteiger partial charge in [0, 0.05) is 12.2 Å². The van der Waals surface area contributed by atoms with Crippen LogP contribution in [0.2, 0.25) is 0 Å². The van der Waals surface area contributed by atoms with Crippen LogP contribution < -0.4 is 5.32 Å². The van der Waals surface area contributed by atoms with Crippen LogP contribution in [0.25, 0.3) is 12.2 Å². The van der Waals surface area contributed by atoms with Gasteiger partial charge in [0.15, 0.2) is 0 Å². The third-order valence-electron chi connectivity index (χ3n) is 3.08. The maximum absolute atomic E-state index is 12.2. The van der Waals surface area contributed by atoms with Gasteiger partial charge in [0.25, 0.3) is 0 Å². The van der Waals surface area contributed by atoms with Crippen LogP contribution in [-0.2, 0) is 14.3 Å². The highest BCUT2D eigenvalue weighted by Gasteiger charge is 2.15. The van der Waals surface area contributed by atoms with Gasteiger partial charge < -0.3 is 14.5 Å². The highest BCUT2D eigenvalue weighted by molar-refractivity contribution is 6.01. The van der Waals surface area contributed by atoms with Crippen molar-refractivity contribution in [3.05, 3.63) is 71.8 Å². The monoisotopic (exact) mass is 339 g/mol. The molecule has 2 aromatic rings. The molecular weight excluding hydrogens is 318 g/mol. The second kappa shape index (κ2) is 9.27. The molecule has 0 saturated carbocycles. The zero-order valence-corrected chi connectivity index (χ0v) is 14.3. The number of carbonyl (C=O) groups is 2. The van der Waals surface area contributed by atoms with Crippen molar-refractivity contribution in [2.75, 3.05) is 6.61 Å². The summed E-state index contributed by atoms with van der Waals surface area (Å²) in [4.78, 5) is 24.3. The van der Waals surface area contributed by atoms with E-state index in [0.29, 0.717) is 5.76 Å². The van der Waals surface area contributed by atoms with Crippen molar-refractivity contribution in [1.82, 2.24) is 5.32 Å². The Labute approximate surface area is 147 Å². The lowest BCUT2D eigenvalue weighted by atomic mass is 10.2. The van der Waals surface area contributed by atoms with Crippen LogP contribution in [0.1, 0.15) is 25.2 Å².